The first-order valence-electron chi connectivity index (χ1n) is 9.13. The van der Waals surface area contributed by atoms with Crippen molar-refractivity contribution in [1.82, 2.24) is 15.0 Å². The fourth-order valence-electron chi connectivity index (χ4n) is 2.43. The van der Waals surface area contributed by atoms with E-state index in [-0.39, 0.29) is 35.3 Å². The summed E-state index contributed by atoms with van der Waals surface area (Å²) < 4.78 is 46.9. The molecule has 0 amide bonds. The first kappa shape index (κ1) is 22.6. The zero-order valence-electron chi connectivity index (χ0n) is 16.7. The molecule has 0 aliphatic rings. The fraction of sp³-hybridized carbons (Fsp3) is 0.200. The Kier molecular flexibility index (Phi) is 6.93. The predicted octanol–water partition coefficient (Wildman–Crippen LogP) is 3.66. The molecule has 0 bridgehead atoms. The largest absolute Gasteiger partial charge is 0.508 e. The van der Waals surface area contributed by atoms with E-state index in [9.17, 15) is 23.1 Å². The van der Waals surface area contributed by atoms with Gasteiger partial charge in [-0.3, -0.25) is 0 Å². The van der Waals surface area contributed by atoms with Crippen molar-refractivity contribution in [2.45, 2.75) is 12.7 Å². The predicted molar refractivity (Wildman–Crippen MR) is 108 cm³/mol. The number of hydrogen-bond acceptors (Lipinski definition) is 9. The molecule has 168 valence electrons. The average molecular weight is 449 g/mol. The molecule has 3 N–H and O–H groups in total. The van der Waals surface area contributed by atoms with Gasteiger partial charge in [0.15, 0.2) is 6.61 Å². The van der Waals surface area contributed by atoms with Crippen molar-refractivity contribution < 1.29 is 32.5 Å². The van der Waals surface area contributed by atoms with Crippen LogP contribution in [0.3, 0.4) is 0 Å². The van der Waals surface area contributed by atoms with Gasteiger partial charge in [0.25, 0.3) is 0 Å². The summed E-state index contributed by atoms with van der Waals surface area (Å²) >= 11 is 0. The van der Waals surface area contributed by atoms with E-state index in [1.54, 1.807) is 12.1 Å². The maximum absolute atomic E-state index is 12.5. The van der Waals surface area contributed by atoms with Crippen LogP contribution in [0.5, 0.6) is 11.8 Å². The van der Waals surface area contributed by atoms with Gasteiger partial charge < -0.3 is 25.2 Å². The number of carbonyl (C=O) groups is 1. The molecule has 2 aromatic heterocycles. The lowest BCUT2D eigenvalue weighted by atomic mass is 10.2. The Hall–Kier alpha value is -4.09. The van der Waals surface area contributed by atoms with E-state index in [2.05, 4.69) is 35.1 Å². The minimum Gasteiger partial charge on any atom is -0.508 e. The highest BCUT2D eigenvalue weighted by Crippen LogP contribution is 2.22. The minimum atomic E-state index is -4.56. The third-order valence-electron chi connectivity index (χ3n) is 3.92. The number of esters is 1. The number of alkyl halides is 3. The van der Waals surface area contributed by atoms with Crippen molar-refractivity contribution in [2.75, 3.05) is 24.4 Å². The van der Waals surface area contributed by atoms with Crippen LogP contribution in [0.15, 0.2) is 48.7 Å². The quantitative estimate of drug-likeness (QED) is 0.443. The van der Waals surface area contributed by atoms with Crippen LogP contribution >= 0.6 is 0 Å². The SMILES string of the molecule is COC(=O)c1ccc(Nc2cc(NCc3ccc(O)cc3)nc(OCC(F)(F)F)n2)nc1. The first-order valence-corrected chi connectivity index (χ1v) is 9.13. The maximum Gasteiger partial charge on any atom is 0.422 e. The number of phenolic OH excluding ortho intramolecular Hbond substituents is 1. The third kappa shape index (κ3) is 6.72. The van der Waals surface area contributed by atoms with E-state index >= 15 is 0 Å². The molecular weight excluding hydrogens is 431 g/mol. The Morgan fingerprint density at radius 3 is 2.41 bits per heavy atom. The molecule has 3 aromatic rings. The highest BCUT2D eigenvalue weighted by molar-refractivity contribution is 5.89. The van der Waals surface area contributed by atoms with Gasteiger partial charge in [0.05, 0.1) is 12.7 Å². The van der Waals surface area contributed by atoms with Crippen LogP contribution in [-0.2, 0) is 11.3 Å². The number of anilines is 3. The number of nitrogens with zero attached hydrogens (tertiary/aromatic N) is 3. The molecule has 0 aliphatic heterocycles. The number of phenols is 1. The second-order valence-electron chi connectivity index (χ2n) is 6.39. The maximum atomic E-state index is 12.5. The van der Waals surface area contributed by atoms with Gasteiger partial charge in [-0.2, -0.15) is 23.1 Å². The summed E-state index contributed by atoms with van der Waals surface area (Å²) in [7, 11) is 1.24. The van der Waals surface area contributed by atoms with Crippen LogP contribution in [0.4, 0.5) is 30.6 Å². The van der Waals surface area contributed by atoms with Crippen LogP contribution in [0.1, 0.15) is 15.9 Å². The topological polar surface area (TPSA) is 118 Å². The Morgan fingerprint density at radius 2 is 1.78 bits per heavy atom. The number of halogens is 3. The lowest BCUT2D eigenvalue weighted by molar-refractivity contribution is -0.154. The number of aromatic hydroxyl groups is 1. The van der Waals surface area contributed by atoms with E-state index in [0.29, 0.717) is 0 Å². The van der Waals surface area contributed by atoms with Gasteiger partial charge in [0.2, 0.25) is 0 Å². The number of benzene rings is 1. The standard InChI is InChI=1S/C20H18F3N5O4/c1-31-18(30)13-4-7-15(25-10-13)26-17-8-16(24-9-12-2-5-14(29)6-3-12)27-19(28-17)32-11-20(21,22)23/h2-8,10,29H,9,11H2,1H3,(H2,24,25,26,27,28). The zero-order chi connectivity index (χ0) is 23.1. The van der Waals surface area contributed by atoms with Crippen LogP contribution in [-0.4, -0.2) is 45.9 Å². The zero-order valence-corrected chi connectivity index (χ0v) is 16.7. The smallest absolute Gasteiger partial charge is 0.422 e. The molecule has 3 rings (SSSR count). The van der Waals surface area contributed by atoms with E-state index in [0.717, 1.165) is 5.56 Å². The summed E-state index contributed by atoms with van der Waals surface area (Å²) in [5.74, 6) is 0.135. The number of ether oxygens (including phenoxy) is 2. The van der Waals surface area contributed by atoms with Gasteiger partial charge in [-0.15, -0.1) is 0 Å². The second kappa shape index (κ2) is 9.81. The van der Waals surface area contributed by atoms with Gasteiger partial charge in [0, 0.05) is 18.8 Å². The molecule has 0 fully saturated rings. The number of aromatic nitrogens is 3. The molecule has 0 aliphatic carbocycles. The third-order valence-corrected chi connectivity index (χ3v) is 3.92. The van der Waals surface area contributed by atoms with Crippen LogP contribution in [0.2, 0.25) is 0 Å². The number of carbonyl (C=O) groups excluding carboxylic acids is 1. The molecule has 32 heavy (non-hydrogen) atoms. The van der Waals surface area contributed by atoms with Crippen molar-refractivity contribution in [3.8, 4) is 11.8 Å². The van der Waals surface area contributed by atoms with Crippen LogP contribution in [0, 0.1) is 0 Å². The summed E-state index contributed by atoms with van der Waals surface area (Å²) in [5, 5.41) is 15.1. The monoisotopic (exact) mass is 449 g/mol. The number of rotatable bonds is 8. The summed E-state index contributed by atoms with van der Waals surface area (Å²) in [5.41, 5.74) is 1.03. The summed E-state index contributed by atoms with van der Waals surface area (Å²) in [4.78, 5) is 23.4. The molecule has 0 unspecified atom stereocenters. The average Bonchev–Trinajstić information content (AvgIpc) is 2.77. The Balaban J connectivity index is 1.78. The molecule has 0 saturated heterocycles. The van der Waals surface area contributed by atoms with Crippen molar-refractivity contribution in [2.24, 2.45) is 0 Å². The molecule has 9 nitrogen and oxygen atoms in total. The molecule has 0 atom stereocenters. The first-order chi connectivity index (χ1) is 15.2. The lowest BCUT2D eigenvalue weighted by Crippen LogP contribution is -2.20. The van der Waals surface area contributed by atoms with E-state index in [4.69, 9.17) is 0 Å². The highest BCUT2D eigenvalue weighted by atomic mass is 19.4. The van der Waals surface area contributed by atoms with Gasteiger partial charge in [0.1, 0.15) is 23.2 Å². The number of hydrogen-bond donors (Lipinski definition) is 3. The Labute approximate surface area is 180 Å². The van der Waals surface area contributed by atoms with Crippen LogP contribution < -0.4 is 15.4 Å². The number of methoxy groups -OCH3 is 1. The van der Waals surface area contributed by atoms with Gasteiger partial charge in [-0.1, -0.05) is 12.1 Å². The van der Waals surface area contributed by atoms with E-state index < -0.39 is 24.8 Å². The van der Waals surface area contributed by atoms with Gasteiger partial charge in [-0.25, -0.2) is 9.78 Å². The van der Waals surface area contributed by atoms with Gasteiger partial charge >= 0.3 is 18.2 Å². The number of pyridine rings is 1. The van der Waals surface area contributed by atoms with E-state index in [1.165, 1.54) is 43.6 Å². The van der Waals surface area contributed by atoms with E-state index in [1.807, 2.05) is 0 Å². The molecule has 1 aromatic carbocycles. The molecule has 0 radical (unpaired) electrons. The van der Waals surface area contributed by atoms with Crippen molar-refractivity contribution >= 4 is 23.4 Å². The van der Waals surface area contributed by atoms with Gasteiger partial charge in [-0.05, 0) is 29.8 Å². The molecule has 0 saturated carbocycles. The fourth-order valence-corrected chi connectivity index (χ4v) is 2.43. The van der Waals surface area contributed by atoms with Crippen LogP contribution in [0.25, 0.3) is 0 Å². The molecule has 12 heteroatoms. The van der Waals surface area contributed by atoms with Crippen molar-refractivity contribution in [3.63, 3.8) is 0 Å². The summed E-state index contributed by atoms with van der Waals surface area (Å²) in [6.45, 7) is -1.28. The van der Waals surface area contributed by atoms with Crippen molar-refractivity contribution in [3.05, 3.63) is 59.8 Å². The minimum absolute atomic E-state index is 0.107. The second-order valence-corrected chi connectivity index (χ2v) is 6.39. The van der Waals surface area contributed by atoms with Crippen molar-refractivity contribution in [1.29, 1.82) is 0 Å². The normalized spacial score (nSPS) is 11.0. The molecular formula is C20H18F3N5O4. The summed E-state index contributed by atoms with van der Waals surface area (Å²) in [6.07, 6.45) is -3.28. The highest BCUT2D eigenvalue weighted by Gasteiger charge is 2.29. The lowest BCUT2D eigenvalue weighted by Gasteiger charge is -2.13. The Morgan fingerprint density at radius 1 is 1.06 bits per heavy atom. The Bertz CT molecular complexity index is 1060. The number of nitrogens with one attached hydrogen (secondary N) is 2. The molecule has 0 spiro atoms. The molecule has 2 heterocycles. The summed E-state index contributed by atoms with van der Waals surface area (Å²) in [6, 6.07) is 10.3.